The van der Waals surface area contributed by atoms with E-state index in [-0.39, 0.29) is 17.4 Å². The number of fused-ring (bicyclic) bond motifs is 4. The highest BCUT2D eigenvalue weighted by atomic mass is 19.1. The molecular formula is C22H23FN8O. The van der Waals surface area contributed by atoms with Crippen molar-refractivity contribution >= 4 is 33.4 Å². The van der Waals surface area contributed by atoms with Crippen LogP contribution in [0.25, 0.3) is 21.9 Å². The molecule has 1 aliphatic heterocycles. The Morgan fingerprint density at radius 1 is 1.28 bits per heavy atom. The van der Waals surface area contributed by atoms with E-state index in [0.717, 1.165) is 35.7 Å². The van der Waals surface area contributed by atoms with E-state index in [1.165, 1.54) is 12.1 Å². The first-order valence-electron chi connectivity index (χ1n) is 10.6. The Balaban J connectivity index is 1.54. The number of anilines is 2. The molecule has 2 unspecified atom stereocenters. The van der Waals surface area contributed by atoms with E-state index < -0.39 is 0 Å². The predicted octanol–water partition coefficient (Wildman–Crippen LogP) is 3.11. The zero-order valence-electron chi connectivity index (χ0n) is 17.8. The molecule has 1 saturated carbocycles. The van der Waals surface area contributed by atoms with Gasteiger partial charge in [-0.2, -0.15) is 9.97 Å². The molecule has 0 amide bonds. The predicted molar refractivity (Wildman–Crippen MR) is 120 cm³/mol. The highest BCUT2D eigenvalue weighted by Crippen LogP contribution is 2.46. The van der Waals surface area contributed by atoms with Gasteiger partial charge in [-0.15, -0.1) is 0 Å². The first-order chi connectivity index (χ1) is 15.4. The molecule has 0 bridgehead atoms. The quantitative estimate of drug-likeness (QED) is 0.448. The number of hydrogen-bond acceptors (Lipinski definition) is 8. The molecule has 2 fully saturated rings. The van der Waals surface area contributed by atoms with Gasteiger partial charge in [0.1, 0.15) is 23.1 Å². The number of rotatable bonds is 4. The standard InChI is InChI=1S/C22H23FN8O/c1-11-26-7-14(8-27-11)32-21-29-19-17(15-5-13(23)6-16(25-2)18(15)28-19)20(30-21)31-9-12-3-4-22(12,24)10-31/h5-8,12,25H,3-4,9-10,24H2,1-2H3,(H,28,29,30). The number of aryl methyl sites for hydroxylation is 1. The van der Waals surface area contributed by atoms with Crippen LogP contribution < -0.4 is 20.7 Å². The van der Waals surface area contributed by atoms with Gasteiger partial charge in [0.25, 0.3) is 0 Å². The Morgan fingerprint density at radius 3 is 2.75 bits per heavy atom. The maximum Gasteiger partial charge on any atom is 0.326 e. The van der Waals surface area contributed by atoms with E-state index >= 15 is 0 Å². The van der Waals surface area contributed by atoms with Crippen molar-refractivity contribution in [3.8, 4) is 11.8 Å². The SMILES string of the molecule is CNc1cc(F)cc2c1[nH]c1nc(Oc3cnc(C)nc3)nc(N3CC4CCC4(N)C3)c12. The molecule has 4 N–H and O–H groups in total. The van der Waals surface area contributed by atoms with Crippen LogP contribution in [0.4, 0.5) is 15.9 Å². The fourth-order valence-electron chi connectivity index (χ4n) is 4.88. The molecule has 0 radical (unpaired) electrons. The lowest BCUT2D eigenvalue weighted by Crippen LogP contribution is -2.54. The average Bonchev–Trinajstić information content (AvgIpc) is 3.24. The molecule has 2 atom stereocenters. The van der Waals surface area contributed by atoms with Gasteiger partial charge in [0.2, 0.25) is 0 Å². The second kappa shape index (κ2) is 6.73. The Kier molecular flexibility index (Phi) is 4.03. The van der Waals surface area contributed by atoms with Crippen molar-refractivity contribution in [1.29, 1.82) is 0 Å². The van der Waals surface area contributed by atoms with Crippen LogP contribution in [0.1, 0.15) is 18.7 Å². The van der Waals surface area contributed by atoms with Crippen molar-refractivity contribution < 1.29 is 9.13 Å². The van der Waals surface area contributed by atoms with Gasteiger partial charge in [0.05, 0.1) is 29.0 Å². The van der Waals surface area contributed by atoms with Gasteiger partial charge in [0, 0.05) is 31.1 Å². The summed E-state index contributed by atoms with van der Waals surface area (Å²) < 4.78 is 20.3. The van der Waals surface area contributed by atoms with Gasteiger partial charge in [-0.25, -0.2) is 14.4 Å². The molecule has 1 aromatic carbocycles. The number of nitrogens with two attached hydrogens (primary N) is 1. The Labute approximate surface area is 183 Å². The van der Waals surface area contributed by atoms with Crippen molar-refractivity contribution in [3.63, 3.8) is 0 Å². The first-order valence-corrected chi connectivity index (χ1v) is 10.6. The molecule has 164 valence electrons. The van der Waals surface area contributed by atoms with Crippen LogP contribution in [-0.2, 0) is 0 Å². The second-order valence-electron chi connectivity index (χ2n) is 8.72. The first kappa shape index (κ1) is 19.2. The van der Waals surface area contributed by atoms with Gasteiger partial charge in [-0.05, 0) is 37.8 Å². The summed E-state index contributed by atoms with van der Waals surface area (Å²) in [7, 11) is 1.76. The molecule has 9 nitrogen and oxygen atoms in total. The van der Waals surface area contributed by atoms with Gasteiger partial charge in [-0.3, -0.25) is 0 Å². The number of nitrogens with zero attached hydrogens (tertiary/aromatic N) is 5. The van der Waals surface area contributed by atoms with Gasteiger partial charge >= 0.3 is 6.01 Å². The maximum absolute atomic E-state index is 14.4. The van der Waals surface area contributed by atoms with Crippen LogP contribution in [0.15, 0.2) is 24.5 Å². The minimum absolute atomic E-state index is 0.170. The molecule has 6 rings (SSSR count). The van der Waals surface area contributed by atoms with Gasteiger partial charge in [-0.1, -0.05) is 0 Å². The fourth-order valence-corrected chi connectivity index (χ4v) is 4.88. The normalized spacial score (nSPS) is 22.2. The molecule has 0 spiro atoms. The highest BCUT2D eigenvalue weighted by molar-refractivity contribution is 6.14. The maximum atomic E-state index is 14.4. The van der Waals surface area contributed by atoms with Crippen LogP contribution in [0.5, 0.6) is 11.8 Å². The number of aromatic nitrogens is 5. The molecule has 1 saturated heterocycles. The number of benzene rings is 1. The van der Waals surface area contributed by atoms with Crippen molar-refractivity contribution in [3.05, 3.63) is 36.2 Å². The van der Waals surface area contributed by atoms with Crippen molar-refractivity contribution in [2.75, 3.05) is 30.4 Å². The largest absolute Gasteiger partial charge is 0.421 e. The Morgan fingerprint density at radius 2 is 2.09 bits per heavy atom. The van der Waals surface area contributed by atoms with E-state index in [1.54, 1.807) is 26.4 Å². The van der Waals surface area contributed by atoms with Crippen LogP contribution in [0.3, 0.4) is 0 Å². The van der Waals surface area contributed by atoms with Gasteiger partial charge in [0.15, 0.2) is 5.75 Å². The van der Waals surface area contributed by atoms with Crippen LogP contribution in [0.2, 0.25) is 0 Å². The lowest BCUT2D eigenvalue weighted by atomic mass is 9.70. The van der Waals surface area contributed by atoms with Crippen molar-refractivity contribution in [2.24, 2.45) is 11.7 Å². The van der Waals surface area contributed by atoms with E-state index in [4.69, 9.17) is 15.5 Å². The van der Waals surface area contributed by atoms with E-state index in [0.29, 0.717) is 41.2 Å². The number of hydrogen-bond donors (Lipinski definition) is 3. The van der Waals surface area contributed by atoms with E-state index in [1.807, 2.05) is 0 Å². The van der Waals surface area contributed by atoms with Crippen molar-refractivity contribution in [2.45, 2.75) is 25.3 Å². The molecular weight excluding hydrogens is 411 g/mol. The summed E-state index contributed by atoms with van der Waals surface area (Å²) in [5.41, 5.74) is 8.39. The summed E-state index contributed by atoms with van der Waals surface area (Å²) >= 11 is 0. The number of ether oxygens (including phenoxy) is 1. The molecule has 4 heterocycles. The third-order valence-electron chi connectivity index (χ3n) is 6.72. The summed E-state index contributed by atoms with van der Waals surface area (Å²) in [6.45, 7) is 3.30. The minimum Gasteiger partial charge on any atom is -0.421 e. The minimum atomic E-state index is -0.331. The van der Waals surface area contributed by atoms with Crippen LogP contribution in [0, 0.1) is 18.7 Å². The monoisotopic (exact) mass is 434 g/mol. The van der Waals surface area contributed by atoms with E-state index in [9.17, 15) is 4.39 Å². The molecule has 4 aromatic rings. The molecule has 3 aromatic heterocycles. The number of nitrogens with one attached hydrogen (secondary N) is 2. The fraction of sp³-hybridized carbons (Fsp3) is 0.364. The number of H-pyrrole nitrogens is 1. The number of halogens is 1. The zero-order chi connectivity index (χ0) is 22.0. The zero-order valence-corrected chi connectivity index (χ0v) is 17.8. The van der Waals surface area contributed by atoms with Crippen LogP contribution >= 0.6 is 0 Å². The summed E-state index contributed by atoms with van der Waals surface area (Å²) in [6, 6.07) is 3.14. The summed E-state index contributed by atoms with van der Waals surface area (Å²) in [6.07, 6.45) is 5.27. The summed E-state index contributed by atoms with van der Waals surface area (Å²) in [5, 5.41) is 4.53. The highest BCUT2D eigenvalue weighted by Gasteiger charge is 2.51. The third kappa shape index (κ3) is 2.86. The van der Waals surface area contributed by atoms with Crippen molar-refractivity contribution in [1.82, 2.24) is 24.9 Å². The van der Waals surface area contributed by atoms with E-state index in [2.05, 4.69) is 30.2 Å². The average molecular weight is 434 g/mol. The Hall–Kier alpha value is -3.53. The molecule has 32 heavy (non-hydrogen) atoms. The number of aromatic amines is 1. The lowest BCUT2D eigenvalue weighted by Gasteiger charge is -2.40. The molecule has 10 heteroatoms. The molecule has 1 aliphatic carbocycles. The Bertz CT molecular complexity index is 1350. The smallest absolute Gasteiger partial charge is 0.326 e. The summed E-state index contributed by atoms with van der Waals surface area (Å²) in [5.74, 6) is 1.87. The summed E-state index contributed by atoms with van der Waals surface area (Å²) in [4.78, 5) is 23.2. The third-order valence-corrected chi connectivity index (χ3v) is 6.72. The second-order valence-corrected chi connectivity index (χ2v) is 8.72. The van der Waals surface area contributed by atoms with Crippen LogP contribution in [-0.4, -0.2) is 50.6 Å². The van der Waals surface area contributed by atoms with Gasteiger partial charge < -0.3 is 25.7 Å². The topological polar surface area (TPSA) is 118 Å². The molecule has 2 aliphatic rings. The lowest BCUT2D eigenvalue weighted by molar-refractivity contribution is 0.189.